The van der Waals surface area contributed by atoms with Crippen molar-refractivity contribution in [1.29, 1.82) is 0 Å². The number of pyridine rings is 1. The molecule has 0 atom stereocenters. The maximum Gasteiger partial charge on any atom is 0.0712 e. The number of hydrogen-bond donors (Lipinski definition) is 1. The molecule has 2 nitrogen and oxygen atoms in total. The van der Waals surface area contributed by atoms with Crippen molar-refractivity contribution in [2.75, 3.05) is 5.32 Å². The van der Waals surface area contributed by atoms with Crippen LogP contribution in [0.4, 0.5) is 5.69 Å². The molecule has 2 heteroatoms. The van der Waals surface area contributed by atoms with E-state index in [0.717, 1.165) is 30.8 Å². The lowest BCUT2D eigenvalue weighted by Crippen LogP contribution is -2.07. The summed E-state index contributed by atoms with van der Waals surface area (Å²) in [5, 5.41) is 6.14. The molecule has 4 rings (SSSR count). The van der Waals surface area contributed by atoms with Gasteiger partial charge in [0.05, 0.1) is 17.9 Å². The van der Waals surface area contributed by atoms with Crippen molar-refractivity contribution in [2.45, 2.75) is 33.2 Å². The third-order valence-corrected chi connectivity index (χ3v) is 5.32. The normalized spacial score (nSPS) is 10.9. The number of rotatable bonds is 6. The van der Waals surface area contributed by atoms with E-state index < -0.39 is 0 Å². The van der Waals surface area contributed by atoms with Crippen LogP contribution >= 0.6 is 0 Å². The van der Waals surface area contributed by atoms with E-state index in [4.69, 9.17) is 4.98 Å². The number of hydrogen-bond acceptors (Lipinski definition) is 2. The predicted octanol–water partition coefficient (Wildman–Crippen LogP) is 6.64. The van der Waals surface area contributed by atoms with Gasteiger partial charge in [-0.15, -0.1) is 0 Å². The summed E-state index contributed by atoms with van der Waals surface area (Å²) in [6.45, 7) is 5.14. The molecule has 0 aliphatic carbocycles. The third-order valence-electron chi connectivity index (χ3n) is 5.32. The molecule has 0 aliphatic heterocycles. The van der Waals surface area contributed by atoms with Gasteiger partial charge in [-0.2, -0.15) is 0 Å². The average molecular weight is 367 g/mol. The lowest BCUT2D eigenvalue weighted by atomic mass is 10.0. The lowest BCUT2D eigenvalue weighted by Gasteiger charge is -2.15. The van der Waals surface area contributed by atoms with Crippen molar-refractivity contribution < 1.29 is 0 Å². The van der Waals surface area contributed by atoms with E-state index in [-0.39, 0.29) is 0 Å². The van der Waals surface area contributed by atoms with Gasteiger partial charge in [0.1, 0.15) is 0 Å². The van der Waals surface area contributed by atoms with Crippen LogP contribution in [0, 0.1) is 0 Å². The molecule has 0 saturated heterocycles. The van der Waals surface area contributed by atoms with E-state index in [1.54, 1.807) is 0 Å². The fraction of sp³-hybridized carbons (Fsp3) is 0.192. The molecule has 0 amide bonds. The fourth-order valence-electron chi connectivity index (χ4n) is 3.83. The molecule has 1 aromatic heterocycles. The third kappa shape index (κ3) is 3.63. The second-order valence-corrected chi connectivity index (χ2v) is 7.05. The van der Waals surface area contributed by atoms with Crippen LogP contribution in [0.15, 0.2) is 78.9 Å². The minimum Gasteiger partial charge on any atom is -0.379 e. The van der Waals surface area contributed by atoms with Crippen molar-refractivity contribution in [2.24, 2.45) is 0 Å². The summed E-state index contributed by atoms with van der Waals surface area (Å²) < 4.78 is 0. The number of nitrogens with one attached hydrogen (secondary N) is 1. The van der Waals surface area contributed by atoms with Crippen molar-refractivity contribution >= 4 is 16.5 Å². The average Bonchev–Trinajstić information content (AvgIpc) is 2.77. The van der Waals surface area contributed by atoms with Crippen LogP contribution in [0.3, 0.4) is 0 Å². The molecule has 0 spiro atoms. The maximum absolute atomic E-state index is 4.96. The Kier molecular flexibility index (Phi) is 5.38. The maximum atomic E-state index is 4.96. The number of benzene rings is 3. The quantitative estimate of drug-likeness (QED) is 0.414. The van der Waals surface area contributed by atoms with Crippen molar-refractivity contribution in [3.8, 4) is 11.3 Å². The molecule has 0 saturated carbocycles. The topological polar surface area (TPSA) is 24.9 Å². The van der Waals surface area contributed by atoms with Gasteiger partial charge in [0.25, 0.3) is 0 Å². The minimum atomic E-state index is 0.725. The highest BCUT2D eigenvalue weighted by Gasteiger charge is 2.08. The number of fused-ring (bicyclic) bond motifs is 1. The summed E-state index contributed by atoms with van der Waals surface area (Å²) in [7, 11) is 0. The van der Waals surface area contributed by atoms with Crippen LogP contribution in [-0.2, 0) is 19.4 Å². The van der Waals surface area contributed by atoms with Gasteiger partial charge in [0.15, 0.2) is 0 Å². The summed E-state index contributed by atoms with van der Waals surface area (Å²) in [4.78, 5) is 4.96. The molecular weight excluding hydrogens is 340 g/mol. The Bertz CT molecular complexity index is 1070. The van der Waals surface area contributed by atoms with Crippen molar-refractivity contribution in [3.05, 3.63) is 95.7 Å². The number of aryl methyl sites for hydroxylation is 2. The van der Waals surface area contributed by atoms with Crippen molar-refractivity contribution in [1.82, 2.24) is 4.98 Å². The van der Waals surface area contributed by atoms with Crippen LogP contribution in [0.5, 0.6) is 0 Å². The highest BCUT2D eigenvalue weighted by molar-refractivity contribution is 5.95. The van der Waals surface area contributed by atoms with Gasteiger partial charge in [-0.05, 0) is 46.9 Å². The fourth-order valence-corrected chi connectivity index (χ4v) is 3.83. The number of nitrogens with zero attached hydrogens (tertiary/aromatic N) is 1. The zero-order chi connectivity index (χ0) is 19.3. The van der Waals surface area contributed by atoms with Gasteiger partial charge in [0, 0.05) is 11.3 Å². The molecule has 0 unspecified atom stereocenters. The minimum absolute atomic E-state index is 0.725. The lowest BCUT2D eigenvalue weighted by molar-refractivity contribution is 1.01. The number of aromatic nitrogens is 1. The second kappa shape index (κ2) is 8.26. The van der Waals surface area contributed by atoms with Gasteiger partial charge >= 0.3 is 0 Å². The Morgan fingerprint density at radius 2 is 1.39 bits per heavy atom. The molecule has 4 aromatic rings. The van der Waals surface area contributed by atoms with Gasteiger partial charge in [-0.25, -0.2) is 0 Å². The molecule has 1 N–H and O–H groups in total. The van der Waals surface area contributed by atoms with E-state index in [2.05, 4.69) is 98.0 Å². The van der Waals surface area contributed by atoms with E-state index in [1.807, 2.05) is 0 Å². The van der Waals surface area contributed by atoms with Gasteiger partial charge in [-0.3, -0.25) is 4.98 Å². The highest BCUT2D eigenvalue weighted by atomic mass is 14.9. The summed E-state index contributed by atoms with van der Waals surface area (Å²) in [5.41, 5.74) is 7.26. The van der Waals surface area contributed by atoms with Gasteiger partial charge in [0.2, 0.25) is 0 Å². The molecule has 0 fully saturated rings. The summed E-state index contributed by atoms with van der Waals surface area (Å²) in [6.07, 6.45) is 2.05. The smallest absolute Gasteiger partial charge is 0.0712 e. The summed E-state index contributed by atoms with van der Waals surface area (Å²) in [6, 6.07) is 27.8. The van der Waals surface area contributed by atoms with E-state index in [0.29, 0.717) is 0 Å². The van der Waals surface area contributed by atoms with Crippen LogP contribution in [0.2, 0.25) is 0 Å². The predicted molar refractivity (Wildman–Crippen MR) is 120 cm³/mol. The Balaban J connectivity index is 1.64. The molecule has 0 radical (unpaired) electrons. The molecule has 140 valence electrons. The van der Waals surface area contributed by atoms with Crippen LogP contribution in [-0.4, -0.2) is 4.98 Å². The first kappa shape index (κ1) is 18.2. The van der Waals surface area contributed by atoms with Gasteiger partial charge < -0.3 is 5.32 Å². The zero-order valence-corrected chi connectivity index (χ0v) is 16.6. The Labute approximate surface area is 167 Å². The first-order valence-electron chi connectivity index (χ1n) is 10.1. The highest BCUT2D eigenvalue weighted by Crippen LogP contribution is 2.28. The molecule has 1 heterocycles. The van der Waals surface area contributed by atoms with E-state index in [1.165, 1.54) is 33.2 Å². The largest absolute Gasteiger partial charge is 0.379 e. The molecular formula is C26H26N2. The number of para-hydroxylation sites is 1. The van der Waals surface area contributed by atoms with Crippen LogP contribution in [0.1, 0.15) is 30.7 Å². The standard InChI is InChI=1S/C26H26N2/c1-3-19-11-7-12-20(4-2)26(19)27-18-22-14-9-17-25(28-22)24-16-8-13-21-10-5-6-15-23(21)24/h5-17,27H,3-4,18H2,1-2H3. The molecule has 0 bridgehead atoms. The second-order valence-electron chi connectivity index (χ2n) is 7.05. The van der Waals surface area contributed by atoms with Crippen LogP contribution < -0.4 is 5.32 Å². The Hall–Kier alpha value is -3.13. The van der Waals surface area contributed by atoms with E-state index in [9.17, 15) is 0 Å². The summed E-state index contributed by atoms with van der Waals surface area (Å²) >= 11 is 0. The monoisotopic (exact) mass is 366 g/mol. The first-order chi connectivity index (χ1) is 13.8. The van der Waals surface area contributed by atoms with E-state index >= 15 is 0 Å². The molecule has 3 aromatic carbocycles. The number of anilines is 1. The molecule has 0 aliphatic rings. The van der Waals surface area contributed by atoms with Crippen LogP contribution in [0.25, 0.3) is 22.0 Å². The Morgan fingerprint density at radius 3 is 2.18 bits per heavy atom. The van der Waals surface area contributed by atoms with Gasteiger partial charge in [-0.1, -0.05) is 80.6 Å². The zero-order valence-electron chi connectivity index (χ0n) is 16.6. The Morgan fingerprint density at radius 1 is 0.714 bits per heavy atom. The molecule has 28 heavy (non-hydrogen) atoms. The SMILES string of the molecule is CCc1cccc(CC)c1NCc1cccc(-c2cccc3ccccc23)n1. The summed E-state index contributed by atoms with van der Waals surface area (Å²) in [5.74, 6) is 0. The first-order valence-corrected chi connectivity index (χ1v) is 10.1. The van der Waals surface area contributed by atoms with Crippen molar-refractivity contribution in [3.63, 3.8) is 0 Å².